The summed E-state index contributed by atoms with van der Waals surface area (Å²) in [5, 5.41) is 1.06. The SMILES string of the molecule is C=CC1=C(C=C)c2nc(Cl)nc3cccc(c23)O1. The largest absolute Gasteiger partial charge is 0.456 e. The summed E-state index contributed by atoms with van der Waals surface area (Å²) >= 11 is 5.95. The number of hydrogen-bond donors (Lipinski definition) is 0. The number of allylic oxidation sites excluding steroid dienone is 3. The van der Waals surface area contributed by atoms with E-state index in [0.29, 0.717) is 11.5 Å². The van der Waals surface area contributed by atoms with E-state index in [1.165, 1.54) is 0 Å². The molecule has 88 valence electrons. The summed E-state index contributed by atoms with van der Waals surface area (Å²) in [5.41, 5.74) is 2.26. The van der Waals surface area contributed by atoms with E-state index in [-0.39, 0.29) is 5.28 Å². The van der Waals surface area contributed by atoms with Crippen molar-refractivity contribution in [1.29, 1.82) is 0 Å². The average Bonchev–Trinajstić information content (AvgIpc) is 2.38. The molecule has 0 fully saturated rings. The van der Waals surface area contributed by atoms with E-state index >= 15 is 0 Å². The van der Waals surface area contributed by atoms with Gasteiger partial charge >= 0.3 is 0 Å². The number of rotatable bonds is 2. The van der Waals surface area contributed by atoms with Crippen molar-refractivity contribution in [2.24, 2.45) is 0 Å². The lowest BCUT2D eigenvalue weighted by Crippen LogP contribution is -2.06. The van der Waals surface area contributed by atoms with Gasteiger partial charge in [-0.25, -0.2) is 9.97 Å². The quantitative estimate of drug-likeness (QED) is 0.768. The molecular weight excluding hydrogens is 248 g/mol. The Labute approximate surface area is 109 Å². The highest BCUT2D eigenvalue weighted by atomic mass is 35.5. The van der Waals surface area contributed by atoms with Crippen molar-refractivity contribution >= 4 is 28.1 Å². The van der Waals surface area contributed by atoms with E-state index in [4.69, 9.17) is 16.3 Å². The molecular formula is C14H9ClN2O. The molecule has 1 aromatic carbocycles. The third kappa shape index (κ3) is 1.45. The van der Waals surface area contributed by atoms with Crippen LogP contribution < -0.4 is 4.74 Å². The monoisotopic (exact) mass is 256 g/mol. The molecule has 0 unspecified atom stereocenters. The standard InChI is InChI=1S/C14H9ClN2O/c1-3-8-10(4-2)18-11-7-5-6-9-12(11)13(8)17-14(15)16-9/h3-7H,1-2H2. The van der Waals surface area contributed by atoms with Gasteiger partial charge in [0.15, 0.2) is 0 Å². The minimum atomic E-state index is 0.208. The predicted molar refractivity (Wildman–Crippen MR) is 72.5 cm³/mol. The zero-order valence-corrected chi connectivity index (χ0v) is 10.2. The molecule has 0 aliphatic carbocycles. The molecule has 0 radical (unpaired) electrons. The minimum Gasteiger partial charge on any atom is -0.456 e. The molecule has 0 saturated carbocycles. The maximum absolute atomic E-state index is 5.95. The molecule has 0 spiro atoms. The molecule has 2 heterocycles. The van der Waals surface area contributed by atoms with Gasteiger partial charge in [-0.3, -0.25) is 0 Å². The fraction of sp³-hybridized carbons (Fsp3) is 0. The molecule has 4 heteroatoms. The van der Waals surface area contributed by atoms with Crippen LogP contribution in [0, 0.1) is 0 Å². The summed E-state index contributed by atoms with van der Waals surface area (Å²) in [4.78, 5) is 8.47. The molecule has 18 heavy (non-hydrogen) atoms. The Morgan fingerprint density at radius 3 is 2.72 bits per heavy atom. The van der Waals surface area contributed by atoms with Gasteiger partial charge in [-0.15, -0.1) is 0 Å². The van der Waals surface area contributed by atoms with Crippen molar-refractivity contribution in [2.75, 3.05) is 0 Å². The van der Waals surface area contributed by atoms with Crippen LogP contribution in [0.4, 0.5) is 0 Å². The molecule has 0 saturated heterocycles. The summed E-state index contributed by atoms with van der Waals surface area (Å²) in [6.45, 7) is 7.52. The van der Waals surface area contributed by atoms with Crippen molar-refractivity contribution < 1.29 is 4.74 Å². The molecule has 1 aliphatic heterocycles. The Hall–Kier alpha value is -2.13. The van der Waals surface area contributed by atoms with Gasteiger partial charge in [0.2, 0.25) is 5.28 Å². The highest BCUT2D eigenvalue weighted by Crippen LogP contribution is 2.38. The molecule has 1 aromatic heterocycles. The van der Waals surface area contributed by atoms with E-state index in [1.54, 1.807) is 12.2 Å². The Balaban J connectivity index is 2.49. The number of benzene rings is 1. The van der Waals surface area contributed by atoms with Gasteiger partial charge in [-0.1, -0.05) is 25.3 Å². The zero-order chi connectivity index (χ0) is 12.7. The Morgan fingerprint density at radius 2 is 2.00 bits per heavy atom. The van der Waals surface area contributed by atoms with E-state index < -0.39 is 0 Å². The molecule has 2 aromatic rings. The summed E-state index contributed by atoms with van der Waals surface area (Å²) in [6, 6.07) is 5.61. The van der Waals surface area contributed by atoms with Crippen LogP contribution in [-0.2, 0) is 0 Å². The predicted octanol–water partition coefficient (Wildman–Crippen LogP) is 3.76. The summed E-state index contributed by atoms with van der Waals surface area (Å²) in [5.74, 6) is 1.33. The van der Waals surface area contributed by atoms with E-state index in [0.717, 1.165) is 22.2 Å². The van der Waals surface area contributed by atoms with Gasteiger partial charge in [0, 0.05) is 5.57 Å². The smallest absolute Gasteiger partial charge is 0.223 e. The first kappa shape index (κ1) is 11.0. The van der Waals surface area contributed by atoms with Crippen LogP contribution in [0.2, 0.25) is 5.28 Å². The van der Waals surface area contributed by atoms with E-state index in [9.17, 15) is 0 Å². The first-order valence-corrected chi connectivity index (χ1v) is 5.76. The lowest BCUT2D eigenvalue weighted by Gasteiger charge is -2.19. The first-order chi connectivity index (χ1) is 8.74. The van der Waals surface area contributed by atoms with Crippen molar-refractivity contribution in [1.82, 2.24) is 9.97 Å². The van der Waals surface area contributed by atoms with Crippen LogP contribution in [0.25, 0.3) is 16.5 Å². The van der Waals surface area contributed by atoms with Gasteiger partial charge in [0.05, 0.1) is 16.6 Å². The second kappa shape index (κ2) is 3.96. The highest BCUT2D eigenvalue weighted by Gasteiger charge is 2.21. The Kier molecular flexibility index (Phi) is 2.42. The summed E-state index contributed by atoms with van der Waals surface area (Å²) in [7, 11) is 0. The van der Waals surface area contributed by atoms with Crippen molar-refractivity contribution in [3.05, 3.63) is 60.2 Å². The van der Waals surface area contributed by atoms with Crippen molar-refractivity contribution in [2.45, 2.75) is 0 Å². The van der Waals surface area contributed by atoms with Crippen molar-refractivity contribution in [3.63, 3.8) is 0 Å². The van der Waals surface area contributed by atoms with Gasteiger partial charge in [-0.2, -0.15) is 0 Å². The number of nitrogens with zero attached hydrogens (tertiary/aromatic N) is 2. The maximum atomic E-state index is 5.95. The maximum Gasteiger partial charge on any atom is 0.223 e. The van der Waals surface area contributed by atoms with E-state index in [2.05, 4.69) is 23.1 Å². The first-order valence-electron chi connectivity index (χ1n) is 5.38. The van der Waals surface area contributed by atoms with Gasteiger partial charge in [-0.05, 0) is 29.8 Å². The zero-order valence-electron chi connectivity index (χ0n) is 9.48. The van der Waals surface area contributed by atoms with Gasteiger partial charge < -0.3 is 4.74 Å². The fourth-order valence-electron chi connectivity index (χ4n) is 2.04. The van der Waals surface area contributed by atoms with Crippen LogP contribution in [0.1, 0.15) is 5.69 Å². The topological polar surface area (TPSA) is 35.0 Å². The van der Waals surface area contributed by atoms with E-state index in [1.807, 2.05) is 18.2 Å². The highest BCUT2D eigenvalue weighted by molar-refractivity contribution is 6.28. The summed E-state index contributed by atoms with van der Waals surface area (Å²) in [6.07, 6.45) is 3.32. The van der Waals surface area contributed by atoms with Gasteiger partial charge in [0.1, 0.15) is 11.5 Å². The van der Waals surface area contributed by atoms with Crippen LogP contribution in [0.15, 0.2) is 49.3 Å². The molecule has 0 amide bonds. The molecule has 3 rings (SSSR count). The van der Waals surface area contributed by atoms with Crippen LogP contribution >= 0.6 is 11.6 Å². The lowest BCUT2D eigenvalue weighted by molar-refractivity contribution is 0.449. The number of hydrogen-bond acceptors (Lipinski definition) is 3. The number of halogens is 1. The Bertz CT molecular complexity index is 719. The average molecular weight is 257 g/mol. The number of ether oxygens (including phenoxy) is 1. The minimum absolute atomic E-state index is 0.208. The fourth-order valence-corrected chi connectivity index (χ4v) is 2.22. The lowest BCUT2D eigenvalue weighted by atomic mass is 10.0. The summed E-state index contributed by atoms with van der Waals surface area (Å²) < 4.78 is 5.76. The van der Waals surface area contributed by atoms with Crippen LogP contribution in [0.5, 0.6) is 5.75 Å². The molecule has 0 bridgehead atoms. The molecule has 3 nitrogen and oxygen atoms in total. The molecule has 1 aliphatic rings. The third-order valence-corrected chi connectivity index (χ3v) is 2.96. The van der Waals surface area contributed by atoms with Crippen LogP contribution in [-0.4, -0.2) is 9.97 Å². The molecule has 0 atom stereocenters. The van der Waals surface area contributed by atoms with Gasteiger partial charge in [0.25, 0.3) is 0 Å². The third-order valence-electron chi connectivity index (χ3n) is 2.79. The molecule has 0 N–H and O–H groups in total. The number of aromatic nitrogens is 2. The Morgan fingerprint density at radius 1 is 1.17 bits per heavy atom. The van der Waals surface area contributed by atoms with Crippen LogP contribution in [0.3, 0.4) is 0 Å². The normalized spacial score (nSPS) is 13.4. The van der Waals surface area contributed by atoms with Crippen molar-refractivity contribution in [3.8, 4) is 5.75 Å². The second-order valence-corrected chi connectivity index (χ2v) is 4.12. The second-order valence-electron chi connectivity index (χ2n) is 3.78.